The molecule has 2 unspecified atom stereocenters. The molecule has 6 N–H and O–H groups in total. The van der Waals surface area contributed by atoms with E-state index in [4.69, 9.17) is 18.9 Å². The van der Waals surface area contributed by atoms with Crippen molar-refractivity contribution in [3.8, 4) is 24.1 Å². The quantitative estimate of drug-likeness (QED) is 0.0252. The van der Waals surface area contributed by atoms with Crippen LogP contribution >= 0.6 is 0 Å². The highest BCUT2D eigenvalue weighted by atomic mass is 16.5. The Balaban J connectivity index is 1.22. The van der Waals surface area contributed by atoms with E-state index in [0.29, 0.717) is 48.6 Å². The predicted octanol–water partition coefficient (Wildman–Crippen LogP) is 10.2. The molecule has 1 saturated carbocycles. The molecule has 1 fully saturated rings. The molecular formula is C54H68N4O8. The summed E-state index contributed by atoms with van der Waals surface area (Å²) in [7, 11) is 0. The van der Waals surface area contributed by atoms with Crippen LogP contribution in [0.1, 0.15) is 141 Å². The normalized spacial score (nSPS) is 22.2. The highest BCUT2D eigenvalue weighted by Gasteiger charge is 2.53. The number of hydrogen-bond donors (Lipinski definition) is 6. The highest BCUT2D eigenvalue weighted by Crippen LogP contribution is 2.55. The van der Waals surface area contributed by atoms with Gasteiger partial charge in [0.2, 0.25) is 11.3 Å². The van der Waals surface area contributed by atoms with Gasteiger partial charge in [0.15, 0.2) is 0 Å². The Kier molecular flexibility index (Phi) is 16.5. The van der Waals surface area contributed by atoms with Crippen LogP contribution in [0.3, 0.4) is 0 Å². The van der Waals surface area contributed by atoms with E-state index in [1.165, 1.54) is 0 Å². The van der Waals surface area contributed by atoms with Crippen molar-refractivity contribution in [2.45, 2.75) is 153 Å². The molecule has 0 saturated heterocycles. The Morgan fingerprint density at radius 1 is 0.545 bits per heavy atom. The van der Waals surface area contributed by atoms with Gasteiger partial charge in [0.05, 0.1) is 23.6 Å². The van der Waals surface area contributed by atoms with Crippen molar-refractivity contribution in [1.82, 2.24) is 0 Å². The van der Waals surface area contributed by atoms with Crippen LogP contribution in [0.15, 0.2) is 60.7 Å². The molecule has 12 heteroatoms. The van der Waals surface area contributed by atoms with Gasteiger partial charge in [-0.15, -0.1) is 0 Å². The SMILES string of the molecule is CCCCCOC#CC1(COC(=O)CCCCC)Nc2cccc3ccc(C4C(O)C(c5ccc6cccc7c6c5NC(C#COCCCCC)(COC(=O)CCCCC)N7)C4O)c(c23)N1. The monoisotopic (exact) mass is 901 g/mol. The highest BCUT2D eigenvalue weighted by molar-refractivity contribution is 6.08. The number of rotatable bonds is 22. The second kappa shape index (κ2) is 22.6. The van der Waals surface area contributed by atoms with E-state index >= 15 is 0 Å². The third-order valence-corrected chi connectivity index (χ3v) is 13.0. The van der Waals surface area contributed by atoms with E-state index < -0.39 is 35.4 Å². The number of anilines is 4. The molecule has 66 heavy (non-hydrogen) atoms. The van der Waals surface area contributed by atoms with E-state index in [-0.39, 0.29) is 25.2 Å². The van der Waals surface area contributed by atoms with Crippen LogP contribution in [0.5, 0.6) is 0 Å². The maximum absolute atomic E-state index is 13.0. The third-order valence-electron chi connectivity index (χ3n) is 13.0. The first-order valence-electron chi connectivity index (χ1n) is 24.4. The second-order valence-corrected chi connectivity index (χ2v) is 18.0. The zero-order valence-electron chi connectivity index (χ0n) is 39.2. The van der Waals surface area contributed by atoms with Gasteiger partial charge in [-0.05, 0) is 71.6 Å². The van der Waals surface area contributed by atoms with Crippen LogP contribution in [-0.4, -0.2) is 72.1 Å². The van der Waals surface area contributed by atoms with Crippen molar-refractivity contribution in [1.29, 1.82) is 0 Å². The van der Waals surface area contributed by atoms with E-state index in [2.05, 4.69) is 73.0 Å². The Morgan fingerprint density at radius 2 is 0.955 bits per heavy atom. The Morgan fingerprint density at radius 3 is 1.36 bits per heavy atom. The summed E-state index contributed by atoms with van der Waals surface area (Å²) in [6.45, 7) is 9.16. The minimum Gasteiger partial charge on any atom is -0.460 e. The van der Waals surface area contributed by atoms with E-state index in [9.17, 15) is 19.8 Å². The number of nitrogens with one attached hydrogen (secondary N) is 4. The van der Waals surface area contributed by atoms with Gasteiger partial charge in [0.1, 0.15) is 38.6 Å². The largest absolute Gasteiger partial charge is 0.460 e. The molecule has 12 nitrogen and oxygen atoms in total. The van der Waals surface area contributed by atoms with Gasteiger partial charge in [-0.1, -0.05) is 128 Å². The molecular weight excluding hydrogens is 833 g/mol. The molecule has 2 heterocycles. The topological polar surface area (TPSA) is 160 Å². The summed E-state index contributed by atoms with van der Waals surface area (Å²) in [5.74, 6) is 4.42. The summed E-state index contributed by atoms with van der Waals surface area (Å²) in [6.07, 6.45) is 15.6. The number of esters is 2. The summed E-state index contributed by atoms with van der Waals surface area (Å²) in [5.41, 5.74) is 1.77. The van der Waals surface area contributed by atoms with Gasteiger partial charge in [-0.3, -0.25) is 9.59 Å². The van der Waals surface area contributed by atoms with Crippen molar-refractivity contribution >= 4 is 56.2 Å². The van der Waals surface area contributed by atoms with Crippen molar-refractivity contribution in [2.75, 3.05) is 47.7 Å². The summed E-state index contributed by atoms with van der Waals surface area (Å²) in [4.78, 5) is 26.0. The average molecular weight is 901 g/mol. The van der Waals surface area contributed by atoms with Crippen molar-refractivity contribution < 1.29 is 38.7 Å². The third kappa shape index (κ3) is 10.9. The van der Waals surface area contributed by atoms with Gasteiger partial charge in [0.25, 0.3) is 0 Å². The van der Waals surface area contributed by atoms with Crippen LogP contribution < -0.4 is 21.3 Å². The fourth-order valence-electron chi connectivity index (χ4n) is 9.31. The van der Waals surface area contributed by atoms with Gasteiger partial charge in [-0.25, -0.2) is 0 Å². The first kappa shape index (κ1) is 48.1. The summed E-state index contributed by atoms with van der Waals surface area (Å²) >= 11 is 0. The molecule has 4 aromatic carbocycles. The number of carbonyl (C=O) groups is 2. The molecule has 0 bridgehead atoms. The molecule has 2 atom stereocenters. The van der Waals surface area contributed by atoms with Crippen LogP contribution in [0.25, 0.3) is 21.5 Å². The Bertz CT molecular complexity index is 2280. The van der Waals surface area contributed by atoms with Gasteiger partial charge in [-0.2, -0.15) is 0 Å². The average Bonchev–Trinajstić information content (AvgIpc) is 3.32. The number of aliphatic hydroxyl groups is 2. The molecule has 1 aliphatic carbocycles. The first-order chi connectivity index (χ1) is 32.2. The van der Waals surface area contributed by atoms with Gasteiger partial charge in [0, 0.05) is 46.8 Å². The van der Waals surface area contributed by atoms with Crippen LogP contribution in [0.4, 0.5) is 22.7 Å². The minimum absolute atomic E-state index is 0.114. The number of ether oxygens (including phenoxy) is 4. The number of carbonyl (C=O) groups excluding carboxylic acids is 2. The lowest BCUT2D eigenvalue weighted by Gasteiger charge is -2.50. The lowest BCUT2D eigenvalue weighted by molar-refractivity contribution is -0.145. The fraction of sp³-hybridized carbons (Fsp3) is 0.519. The maximum Gasteiger partial charge on any atom is 0.305 e. The zero-order valence-corrected chi connectivity index (χ0v) is 39.2. The molecule has 0 spiro atoms. The number of benzene rings is 4. The number of aliphatic hydroxyl groups excluding tert-OH is 2. The Hall–Kier alpha value is -5.82. The minimum atomic E-state index is -1.28. The molecule has 2 aliphatic heterocycles. The molecule has 4 aromatic rings. The smallest absolute Gasteiger partial charge is 0.305 e. The molecule has 0 amide bonds. The molecule has 7 rings (SSSR count). The van der Waals surface area contributed by atoms with E-state index in [1.807, 2.05) is 60.7 Å². The zero-order chi connectivity index (χ0) is 46.5. The lowest BCUT2D eigenvalue weighted by atomic mass is 9.62. The standard InChI is InChI=1S/C54H68N4O8/c1-5-9-13-23-43(59)65-35-53(29-33-63-31-15-11-7-3)55-41-21-17-19-37-25-27-39(49(57-53)45(37)41)47-51(61)48(52(47)62)40-28-26-38-20-18-22-42-46(38)50(40)58-54(56-42,30-34-64-32-16-12-8-4)36-66-44(60)24-14-10-6-2/h17-22,25-28,47-48,51-52,55-58,61-62H,5-16,23-24,31-32,35-36H2,1-4H3. The van der Waals surface area contributed by atoms with E-state index in [0.717, 1.165) is 110 Å². The van der Waals surface area contributed by atoms with Crippen LogP contribution in [0.2, 0.25) is 0 Å². The Labute approximate surface area is 390 Å². The summed E-state index contributed by atoms with van der Waals surface area (Å²) < 4.78 is 23.4. The van der Waals surface area contributed by atoms with Crippen molar-refractivity contribution in [3.05, 3.63) is 71.8 Å². The maximum atomic E-state index is 13.0. The molecule has 3 aliphatic rings. The second-order valence-electron chi connectivity index (χ2n) is 18.0. The van der Waals surface area contributed by atoms with Crippen molar-refractivity contribution in [3.63, 3.8) is 0 Å². The summed E-state index contributed by atoms with van der Waals surface area (Å²) in [5, 5.41) is 42.8. The lowest BCUT2D eigenvalue weighted by Crippen LogP contribution is -2.55. The van der Waals surface area contributed by atoms with Crippen LogP contribution in [0, 0.1) is 24.1 Å². The van der Waals surface area contributed by atoms with Crippen LogP contribution in [-0.2, 0) is 28.5 Å². The number of hydrogen-bond acceptors (Lipinski definition) is 12. The number of unbranched alkanes of at least 4 members (excludes halogenated alkanes) is 8. The molecule has 0 aromatic heterocycles. The van der Waals surface area contributed by atoms with Gasteiger partial charge < -0.3 is 50.4 Å². The van der Waals surface area contributed by atoms with Gasteiger partial charge >= 0.3 is 11.9 Å². The summed E-state index contributed by atoms with van der Waals surface area (Å²) in [6, 6.07) is 19.7. The molecule has 0 radical (unpaired) electrons. The first-order valence-corrected chi connectivity index (χ1v) is 24.4. The van der Waals surface area contributed by atoms with E-state index in [1.54, 1.807) is 0 Å². The van der Waals surface area contributed by atoms with Crippen molar-refractivity contribution in [2.24, 2.45) is 0 Å². The predicted molar refractivity (Wildman–Crippen MR) is 262 cm³/mol. The molecule has 352 valence electrons. The fourth-order valence-corrected chi connectivity index (χ4v) is 9.31.